The number of nitrogens with zero attached hydrogens (tertiary/aromatic N) is 1. The van der Waals surface area contributed by atoms with Crippen molar-refractivity contribution < 1.29 is 9.59 Å². The van der Waals surface area contributed by atoms with E-state index >= 15 is 0 Å². The minimum Gasteiger partial charge on any atom is -0.326 e. The van der Waals surface area contributed by atoms with Gasteiger partial charge >= 0.3 is 0 Å². The number of anilines is 2. The first kappa shape index (κ1) is 14.1. The summed E-state index contributed by atoms with van der Waals surface area (Å²) in [5.74, 6) is 0.640. The van der Waals surface area contributed by atoms with Crippen molar-refractivity contribution in [2.45, 2.75) is 38.5 Å². The molecule has 4 nitrogen and oxygen atoms in total. The first-order valence-electron chi connectivity index (χ1n) is 7.83. The van der Waals surface area contributed by atoms with Crippen LogP contribution in [0.2, 0.25) is 0 Å². The molecule has 1 N–H and O–H groups in total. The van der Waals surface area contributed by atoms with Gasteiger partial charge in [-0.3, -0.25) is 9.59 Å². The van der Waals surface area contributed by atoms with E-state index in [1.807, 2.05) is 31.3 Å². The van der Waals surface area contributed by atoms with Crippen LogP contribution >= 0.6 is 0 Å². The lowest BCUT2D eigenvalue weighted by atomic mass is 9.84. The number of nitrogens with one attached hydrogen (secondary N) is 1. The zero-order valence-electron chi connectivity index (χ0n) is 12.5. The molecule has 0 aliphatic heterocycles. The number of hydrogen-bond donors (Lipinski definition) is 1. The predicted octanol–water partition coefficient (Wildman–Crippen LogP) is 3.19. The van der Waals surface area contributed by atoms with Gasteiger partial charge in [0.1, 0.15) is 0 Å². The summed E-state index contributed by atoms with van der Waals surface area (Å²) in [5.41, 5.74) is 1.62. The molecule has 112 valence electrons. The van der Waals surface area contributed by atoms with Gasteiger partial charge in [-0.15, -0.1) is 0 Å². The fourth-order valence-electron chi connectivity index (χ4n) is 2.76. The van der Waals surface area contributed by atoms with Crippen LogP contribution in [0.25, 0.3) is 0 Å². The highest BCUT2D eigenvalue weighted by Gasteiger charge is 2.29. The summed E-state index contributed by atoms with van der Waals surface area (Å²) in [5, 5.41) is 2.96. The Morgan fingerprint density at radius 3 is 2.33 bits per heavy atom. The normalized spacial score (nSPS) is 18.5. The summed E-state index contributed by atoms with van der Waals surface area (Å²) in [6, 6.07) is 7.56. The fourth-order valence-corrected chi connectivity index (χ4v) is 2.76. The van der Waals surface area contributed by atoms with Crippen LogP contribution in [-0.2, 0) is 9.59 Å². The summed E-state index contributed by atoms with van der Waals surface area (Å²) in [4.78, 5) is 26.0. The second-order valence-corrected chi connectivity index (χ2v) is 6.19. The van der Waals surface area contributed by atoms with Crippen molar-refractivity contribution >= 4 is 23.2 Å². The molecule has 0 spiro atoms. The molecule has 0 bridgehead atoms. The van der Waals surface area contributed by atoms with Crippen LogP contribution in [0, 0.1) is 11.8 Å². The molecule has 2 saturated carbocycles. The Hall–Kier alpha value is -1.84. The third-order valence-electron chi connectivity index (χ3n) is 4.76. The number of carbonyl (C=O) groups is 2. The van der Waals surface area contributed by atoms with Crippen molar-refractivity contribution in [3.63, 3.8) is 0 Å². The van der Waals surface area contributed by atoms with Gasteiger partial charge in [0.15, 0.2) is 0 Å². The van der Waals surface area contributed by atoms with Crippen molar-refractivity contribution in [2.24, 2.45) is 11.8 Å². The summed E-state index contributed by atoms with van der Waals surface area (Å²) in [6.45, 7) is 0. The third kappa shape index (κ3) is 2.94. The van der Waals surface area contributed by atoms with Crippen molar-refractivity contribution in [1.29, 1.82) is 0 Å². The molecule has 2 aliphatic carbocycles. The van der Waals surface area contributed by atoms with Crippen molar-refractivity contribution in [2.75, 3.05) is 17.3 Å². The van der Waals surface area contributed by atoms with Gasteiger partial charge in [0.05, 0.1) is 0 Å². The Kier molecular flexibility index (Phi) is 3.95. The van der Waals surface area contributed by atoms with Crippen molar-refractivity contribution in [3.8, 4) is 0 Å². The van der Waals surface area contributed by atoms with E-state index in [0.29, 0.717) is 0 Å². The minimum atomic E-state index is 0.103. The number of rotatable bonds is 4. The van der Waals surface area contributed by atoms with E-state index in [1.54, 1.807) is 4.90 Å². The molecule has 2 amide bonds. The second-order valence-electron chi connectivity index (χ2n) is 6.19. The maximum atomic E-state index is 12.3. The molecule has 2 aliphatic rings. The van der Waals surface area contributed by atoms with Gasteiger partial charge in [-0.1, -0.05) is 18.9 Å². The van der Waals surface area contributed by atoms with Gasteiger partial charge in [0.2, 0.25) is 11.8 Å². The van der Waals surface area contributed by atoms with Gasteiger partial charge in [-0.05, 0) is 43.9 Å². The largest absolute Gasteiger partial charge is 0.326 e. The Balaban J connectivity index is 1.66. The molecule has 21 heavy (non-hydrogen) atoms. The smallest absolute Gasteiger partial charge is 0.229 e. The fraction of sp³-hybridized carbons (Fsp3) is 0.529. The highest BCUT2D eigenvalue weighted by Crippen LogP contribution is 2.31. The molecule has 0 saturated heterocycles. The quantitative estimate of drug-likeness (QED) is 0.924. The van der Waals surface area contributed by atoms with E-state index in [4.69, 9.17) is 0 Å². The van der Waals surface area contributed by atoms with Crippen LogP contribution in [0.1, 0.15) is 38.5 Å². The lowest BCUT2D eigenvalue weighted by Crippen LogP contribution is -2.36. The molecule has 0 heterocycles. The summed E-state index contributed by atoms with van der Waals surface area (Å²) in [7, 11) is 1.81. The molecule has 0 aromatic heterocycles. The standard InChI is InChI=1S/C17H22N2O2/c1-19(17(21)13-7-3-8-13)15-10-4-9-14(11-15)18-16(20)12-5-2-6-12/h4,9-13H,2-3,5-8H2,1H3,(H,18,20). The number of carbonyl (C=O) groups excluding carboxylic acids is 2. The van der Waals surface area contributed by atoms with Crippen molar-refractivity contribution in [1.82, 2.24) is 0 Å². The van der Waals surface area contributed by atoms with Gasteiger partial charge in [0, 0.05) is 30.3 Å². The summed E-state index contributed by atoms with van der Waals surface area (Å²) >= 11 is 0. The molecular formula is C17H22N2O2. The van der Waals surface area contributed by atoms with Crippen LogP contribution in [-0.4, -0.2) is 18.9 Å². The molecule has 1 aromatic carbocycles. The van der Waals surface area contributed by atoms with Crippen LogP contribution < -0.4 is 10.2 Å². The molecule has 0 radical (unpaired) electrons. The summed E-state index contributed by atoms with van der Waals surface area (Å²) < 4.78 is 0. The number of amides is 2. The molecule has 3 rings (SSSR count). The van der Waals surface area contributed by atoms with Crippen LogP contribution in [0.15, 0.2) is 24.3 Å². The van der Waals surface area contributed by atoms with E-state index in [1.165, 1.54) is 0 Å². The first-order chi connectivity index (χ1) is 10.1. The Morgan fingerprint density at radius 2 is 1.76 bits per heavy atom. The number of benzene rings is 1. The topological polar surface area (TPSA) is 49.4 Å². The lowest BCUT2D eigenvalue weighted by Gasteiger charge is -2.29. The minimum absolute atomic E-state index is 0.103. The maximum absolute atomic E-state index is 12.3. The SMILES string of the molecule is CN(C(=O)C1CCC1)c1cccc(NC(=O)C2CCC2)c1. The first-order valence-corrected chi connectivity index (χ1v) is 7.83. The van der Waals surface area contributed by atoms with Gasteiger partial charge in [-0.25, -0.2) is 0 Å². The number of hydrogen-bond acceptors (Lipinski definition) is 2. The molecule has 0 atom stereocenters. The Labute approximate surface area is 125 Å². The van der Waals surface area contributed by atoms with Gasteiger partial charge in [-0.2, -0.15) is 0 Å². The molecule has 1 aromatic rings. The Morgan fingerprint density at radius 1 is 1.10 bits per heavy atom. The monoisotopic (exact) mass is 286 g/mol. The zero-order valence-corrected chi connectivity index (χ0v) is 12.5. The van der Waals surface area contributed by atoms with Crippen LogP contribution in [0.5, 0.6) is 0 Å². The van der Waals surface area contributed by atoms with Gasteiger partial charge < -0.3 is 10.2 Å². The molecular weight excluding hydrogens is 264 g/mol. The molecule has 0 unspecified atom stereocenters. The lowest BCUT2D eigenvalue weighted by molar-refractivity contribution is -0.124. The van der Waals surface area contributed by atoms with E-state index in [9.17, 15) is 9.59 Å². The van der Waals surface area contributed by atoms with E-state index in [2.05, 4.69) is 5.32 Å². The Bertz CT molecular complexity index is 547. The predicted molar refractivity (Wildman–Crippen MR) is 83.2 cm³/mol. The van der Waals surface area contributed by atoms with Crippen molar-refractivity contribution in [3.05, 3.63) is 24.3 Å². The highest BCUT2D eigenvalue weighted by molar-refractivity contribution is 5.97. The van der Waals surface area contributed by atoms with Crippen LogP contribution in [0.3, 0.4) is 0 Å². The van der Waals surface area contributed by atoms with E-state index in [0.717, 1.165) is 49.9 Å². The van der Waals surface area contributed by atoms with E-state index in [-0.39, 0.29) is 23.7 Å². The average molecular weight is 286 g/mol. The molecule has 2 fully saturated rings. The average Bonchev–Trinajstić information content (AvgIpc) is 2.33. The maximum Gasteiger partial charge on any atom is 0.229 e. The third-order valence-corrected chi connectivity index (χ3v) is 4.76. The second kappa shape index (κ2) is 5.88. The van der Waals surface area contributed by atoms with Gasteiger partial charge in [0.25, 0.3) is 0 Å². The highest BCUT2D eigenvalue weighted by atomic mass is 16.2. The summed E-state index contributed by atoms with van der Waals surface area (Å²) in [6.07, 6.45) is 6.29. The zero-order chi connectivity index (χ0) is 14.8. The van der Waals surface area contributed by atoms with E-state index < -0.39 is 0 Å². The van der Waals surface area contributed by atoms with Crippen LogP contribution in [0.4, 0.5) is 11.4 Å². The molecule has 4 heteroatoms.